The Morgan fingerprint density at radius 1 is 1.07 bits per heavy atom. The van der Waals surface area contributed by atoms with Gasteiger partial charge in [0, 0.05) is 24.1 Å². The van der Waals surface area contributed by atoms with E-state index in [9.17, 15) is 14.9 Å². The third kappa shape index (κ3) is 4.82. The van der Waals surface area contributed by atoms with Gasteiger partial charge in [0.15, 0.2) is 11.5 Å². The molecule has 0 aliphatic heterocycles. The molecule has 0 unspecified atom stereocenters. The average molecular weight is 409 g/mol. The van der Waals surface area contributed by atoms with Gasteiger partial charge in [-0.25, -0.2) is 0 Å². The van der Waals surface area contributed by atoms with Crippen LogP contribution in [0.2, 0.25) is 0 Å². The molecule has 1 N–H and O–H groups in total. The summed E-state index contributed by atoms with van der Waals surface area (Å²) in [5.74, 6) is 0.968. The second-order valence-electron chi connectivity index (χ2n) is 5.97. The predicted octanol–water partition coefficient (Wildman–Crippen LogP) is 4.44. The number of rotatable bonds is 8. The Kier molecular flexibility index (Phi) is 6.43. The molecule has 0 aliphatic carbocycles. The SMILES string of the molecule is CCOc1cc(C(=O)Nc2ccc(Oc3ccncc3)cc2)c([N+](=O)[O-])cc1OC. The van der Waals surface area contributed by atoms with Crippen LogP contribution in [0.15, 0.2) is 60.9 Å². The van der Waals surface area contributed by atoms with Gasteiger partial charge in [-0.15, -0.1) is 0 Å². The number of amides is 1. The topological polar surface area (TPSA) is 113 Å². The molecule has 0 aliphatic rings. The van der Waals surface area contributed by atoms with Crippen molar-refractivity contribution in [2.45, 2.75) is 6.92 Å². The third-order valence-corrected chi connectivity index (χ3v) is 4.02. The van der Waals surface area contributed by atoms with Crippen LogP contribution in [0, 0.1) is 10.1 Å². The Morgan fingerprint density at radius 2 is 1.73 bits per heavy atom. The molecule has 3 aromatic rings. The van der Waals surface area contributed by atoms with Gasteiger partial charge in [0.2, 0.25) is 0 Å². The molecule has 1 amide bonds. The van der Waals surface area contributed by atoms with E-state index in [0.29, 0.717) is 23.8 Å². The number of pyridine rings is 1. The number of hydrogen-bond acceptors (Lipinski definition) is 7. The number of carbonyl (C=O) groups excluding carboxylic acids is 1. The molecule has 0 bridgehead atoms. The van der Waals surface area contributed by atoms with E-state index in [1.165, 1.54) is 19.2 Å². The number of nitrogens with zero attached hydrogens (tertiary/aromatic N) is 2. The van der Waals surface area contributed by atoms with Gasteiger partial charge in [-0.05, 0) is 43.3 Å². The van der Waals surface area contributed by atoms with Gasteiger partial charge in [0.1, 0.15) is 17.1 Å². The predicted molar refractivity (Wildman–Crippen MR) is 110 cm³/mol. The summed E-state index contributed by atoms with van der Waals surface area (Å²) < 4.78 is 16.2. The number of methoxy groups -OCH3 is 1. The van der Waals surface area contributed by atoms with Crippen LogP contribution in [0.5, 0.6) is 23.0 Å². The van der Waals surface area contributed by atoms with Crippen molar-refractivity contribution in [3.63, 3.8) is 0 Å². The van der Waals surface area contributed by atoms with E-state index in [1.54, 1.807) is 55.7 Å². The first-order chi connectivity index (χ1) is 14.5. The van der Waals surface area contributed by atoms with Gasteiger partial charge in [-0.2, -0.15) is 0 Å². The minimum Gasteiger partial charge on any atom is -0.493 e. The summed E-state index contributed by atoms with van der Waals surface area (Å²) in [4.78, 5) is 27.4. The van der Waals surface area contributed by atoms with Crippen LogP contribution >= 0.6 is 0 Å². The van der Waals surface area contributed by atoms with Crippen molar-refractivity contribution >= 4 is 17.3 Å². The highest BCUT2D eigenvalue weighted by molar-refractivity contribution is 6.07. The lowest BCUT2D eigenvalue weighted by Gasteiger charge is -2.12. The van der Waals surface area contributed by atoms with E-state index in [1.807, 2.05) is 0 Å². The molecule has 3 rings (SSSR count). The van der Waals surface area contributed by atoms with Crippen molar-refractivity contribution in [2.24, 2.45) is 0 Å². The maximum absolute atomic E-state index is 12.7. The summed E-state index contributed by atoms with van der Waals surface area (Å²) in [6.45, 7) is 2.07. The molecule has 9 nitrogen and oxygen atoms in total. The Labute approximate surface area is 172 Å². The average Bonchev–Trinajstić information content (AvgIpc) is 2.75. The van der Waals surface area contributed by atoms with Crippen molar-refractivity contribution in [1.82, 2.24) is 4.98 Å². The van der Waals surface area contributed by atoms with Gasteiger partial charge in [-0.3, -0.25) is 19.9 Å². The van der Waals surface area contributed by atoms with Crippen molar-refractivity contribution in [2.75, 3.05) is 19.0 Å². The largest absolute Gasteiger partial charge is 0.493 e. The standard InChI is InChI=1S/C21H19N3O6/c1-3-29-20-12-17(18(24(26)27)13-19(20)28-2)21(25)23-14-4-6-15(7-5-14)30-16-8-10-22-11-9-16/h4-13H,3H2,1-2H3,(H,23,25). The van der Waals surface area contributed by atoms with Crippen LogP contribution in [-0.4, -0.2) is 29.5 Å². The fourth-order valence-corrected chi connectivity index (χ4v) is 2.66. The molecular weight excluding hydrogens is 390 g/mol. The maximum Gasteiger partial charge on any atom is 0.286 e. The summed E-state index contributed by atoms with van der Waals surface area (Å²) in [5.41, 5.74) is -0.0723. The number of hydrogen-bond donors (Lipinski definition) is 1. The molecule has 0 spiro atoms. The third-order valence-electron chi connectivity index (χ3n) is 4.02. The highest BCUT2D eigenvalue weighted by Gasteiger charge is 2.25. The monoisotopic (exact) mass is 409 g/mol. The molecule has 0 saturated carbocycles. The summed E-state index contributed by atoms with van der Waals surface area (Å²) >= 11 is 0. The Bertz CT molecular complexity index is 1040. The lowest BCUT2D eigenvalue weighted by molar-refractivity contribution is -0.385. The Hall–Kier alpha value is -4.14. The molecule has 0 fully saturated rings. The number of ether oxygens (including phenoxy) is 3. The van der Waals surface area contributed by atoms with Crippen molar-refractivity contribution in [3.8, 4) is 23.0 Å². The first-order valence-electron chi connectivity index (χ1n) is 9.00. The Morgan fingerprint density at radius 3 is 2.33 bits per heavy atom. The lowest BCUT2D eigenvalue weighted by Crippen LogP contribution is -2.14. The lowest BCUT2D eigenvalue weighted by atomic mass is 10.1. The van der Waals surface area contributed by atoms with E-state index in [2.05, 4.69) is 10.3 Å². The number of benzene rings is 2. The number of nitrogens with one attached hydrogen (secondary N) is 1. The molecule has 0 radical (unpaired) electrons. The van der Waals surface area contributed by atoms with Crippen LogP contribution in [0.4, 0.5) is 11.4 Å². The molecule has 1 aromatic heterocycles. The molecule has 1 heterocycles. The Balaban J connectivity index is 1.81. The zero-order valence-corrected chi connectivity index (χ0v) is 16.3. The smallest absolute Gasteiger partial charge is 0.286 e. The molecule has 0 atom stereocenters. The van der Waals surface area contributed by atoms with Gasteiger partial charge < -0.3 is 19.5 Å². The molecule has 0 saturated heterocycles. The number of anilines is 1. The van der Waals surface area contributed by atoms with E-state index in [4.69, 9.17) is 14.2 Å². The van der Waals surface area contributed by atoms with Crippen LogP contribution in [-0.2, 0) is 0 Å². The second-order valence-corrected chi connectivity index (χ2v) is 5.97. The number of nitro benzene ring substituents is 1. The summed E-state index contributed by atoms with van der Waals surface area (Å²) in [5, 5.41) is 14.1. The maximum atomic E-state index is 12.7. The van der Waals surface area contributed by atoms with Gasteiger partial charge in [-0.1, -0.05) is 0 Å². The minimum atomic E-state index is -0.645. The number of carbonyl (C=O) groups is 1. The summed E-state index contributed by atoms with van der Waals surface area (Å²) in [6, 6.07) is 12.5. The summed E-state index contributed by atoms with van der Waals surface area (Å²) in [6.07, 6.45) is 3.23. The van der Waals surface area contributed by atoms with Crippen molar-refractivity contribution < 1.29 is 23.9 Å². The second kappa shape index (κ2) is 9.37. The first kappa shape index (κ1) is 20.6. The van der Waals surface area contributed by atoms with Gasteiger partial charge >= 0.3 is 0 Å². The highest BCUT2D eigenvalue weighted by atomic mass is 16.6. The van der Waals surface area contributed by atoms with E-state index < -0.39 is 10.8 Å². The van der Waals surface area contributed by atoms with Crippen LogP contribution in [0.25, 0.3) is 0 Å². The molecule has 30 heavy (non-hydrogen) atoms. The van der Waals surface area contributed by atoms with E-state index >= 15 is 0 Å². The highest BCUT2D eigenvalue weighted by Crippen LogP contribution is 2.35. The summed E-state index contributed by atoms with van der Waals surface area (Å²) in [7, 11) is 1.37. The van der Waals surface area contributed by atoms with Crippen molar-refractivity contribution in [3.05, 3.63) is 76.6 Å². The fraction of sp³-hybridized carbons (Fsp3) is 0.143. The molecule has 154 valence electrons. The fourth-order valence-electron chi connectivity index (χ4n) is 2.66. The van der Waals surface area contributed by atoms with E-state index in [-0.39, 0.29) is 22.7 Å². The zero-order valence-electron chi connectivity index (χ0n) is 16.3. The molecule has 9 heteroatoms. The normalized spacial score (nSPS) is 10.2. The van der Waals surface area contributed by atoms with Gasteiger partial charge in [0.25, 0.3) is 11.6 Å². The first-order valence-corrected chi connectivity index (χ1v) is 9.00. The minimum absolute atomic E-state index is 0.138. The zero-order chi connectivity index (χ0) is 21.5. The van der Waals surface area contributed by atoms with Gasteiger partial charge in [0.05, 0.1) is 24.7 Å². The molecule has 2 aromatic carbocycles. The van der Waals surface area contributed by atoms with Crippen molar-refractivity contribution in [1.29, 1.82) is 0 Å². The molecular formula is C21H19N3O6. The van der Waals surface area contributed by atoms with Crippen LogP contribution in [0.1, 0.15) is 17.3 Å². The van der Waals surface area contributed by atoms with E-state index in [0.717, 1.165) is 0 Å². The van der Waals surface area contributed by atoms with Crippen LogP contribution in [0.3, 0.4) is 0 Å². The quantitative estimate of drug-likeness (QED) is 0.432. The number of nitro groups is 1. The number of aromatic nitrogens is 1. The van der Waals surface area contributed by atoms with Crippen LogP contribution < -0.4 is 19.5 Å².